The minimum Gasteiger partial charge on any atom is -0.309 e. The van der Waals surface area contributed by atoms with Crippen LogP contribution in [-0.2, 0) is 16.2 Å². The fourth-order valence-corrected chi connectivity index (χ4v) is 21.9. The van der Waals surface area contributed by atoms with Gasteiger partial charge in [0, 0.05) is 98.5 Å². The Morgan fingerprint density at radius 1 is 0.162 bits per heavy atom. The van der Waals surface area contributed by atoms with Crippen LogP contribution in [-0.4, -0.2) is 22.8 Å². The average Bonchev–Trinajstić information content (AvgIpc) is 1.57. The van der Waals surface area contributed by atoms with E-state index in [4.69, 9.17) is 0 Å². The minimum absolute atomic E-state index is 0.106. The van der Waals surface area contributed by atoms with Crippen LogP contribution in [0.1, 0.15) is 80.5 Å². The molecule has 3 aliphatic rings. The first-order valence-electron chi connectivity index (χ1n) is 41.3. The van der Waals surface area contributed by atoms with Crippen LogP contribution in [0, 0.1) is 6.92 Å². The number of para-hydroxylation sites is 4. The van der Waals surface area contributed by atoms with Crippen molar-refractivity contribution in [2.24, 2.45) is 0 Å². The lowest BCUT2D eigenvalue weighted by molar-refractivity contribution is 0.660. The Bertz CT molecular complexity index is 7900. The van der Waals surface area contributed by atoms with Crippen LogP contribution >= 0.6 is 0 Å². The largest absolute Gasteiger partial charge is 0.309 e. The molecular formula is C112H79N5. The maximum atomic E-state index is 2.53. The molecule has 0 saturated carbocycles. The van der Waals surface area contributed by atoms with Crippen molar-refractivity contribution in [1.82, 2.24) is 22.8 Å². The lowest BCUT2D eigenvalue weighted by Crippen LogP contribution is -2.15. The molecule has 117 heavy (non-hydrogen) atoms. The van der Waals surface area contributed by atoms with Gasteiger partial charge in [0.05, 0.1) is 55.2 Å². The zero-order chi connectivity index (χ0) is 77.8. The van der Waals surface area contributed by atoms with E-state index < -0.39 is 0 Å². The van der Waals surface area contributed by atoms with E-state index in [-0.39, 0.29) is 16.2 Å². The molecule has 0 amide bonds. The first-order chi connectivity index (χ1) is 57.2. The van der Waals surface area contributed by atoms with Gasteiger partial charge in [-0.2, -0.15) is 0 Å². The second-order valence-corrected chi connectivity index (χ2v) is 34.9. The lowest BCUT2D eigenvalue weighted by Gasteiger charge is -2.22. The summed E-state index contributed by atoms with van der Waals surface area (Å²) < 4.78 is 12.5. The summed E-state index contributed by atoms with van der Waals surface area (Å²) in [6, 6.07) is 134. The highest BCUT2D eigenvalue weighted by Gasteiger charge is 2.39. The van der Waals surface area contributed by atoms with Gasteiger partial charge in [0.1, 0.15) is 0 Å². The van der Waals surface area contributed by atoms with Gasteiger partial charge in [0.2, 0.25) is 0 Å². The van der Waals surface area contributed by atoms with Crippen molar-refractivity contribution >= 4 is 109 Å². The summed E-state index contributed by atoms with van der Waals surface area (Å²) in [5.41, 5.74) is 41.7. The molecule has 0 radical (unpaired) electrons. The molecule has 552 valence electrons. The van der Waals surface area contributed by atoms with Crippen molar-refractivity contribution in [1.29, 1.82) is 0 Å². The predicted molar refractivity (Wildman–Crippen MR) is 492 cm³/mol. The monoisotopic (exact) mass is 1490 g/mol. The number of aromatic nitrogens is 5. The Morgan fingerprint density at radius 3 is 0.650 bits per heavy atom. The quantitative estimate of drug-likeness (QED) is 0.145. The molecular weight excluding hydrogens is 1420 g/mol. The Hall–Kier alpha value is -14.3. The molecule has 0 bridgehead atoms. The molecule has 0 aliphatic heterocycles. The van der Waals surface area contributed by atoms with Gasteiger partial charge in [-0.15, -0.1) is 0 Å². The van der Waals surface area contributed by atoms with Crippen LogP contribution in [0.15, 0.2) is 352 Å². The highest BCUT2D eigenvalue weighted by atomic mass is 15.0. The molecule has 5 heterocycles. The Kier molecular flexibility index (Phi) is 13.4. The molecule has 0 spiro atoms. The topological polar surface area (TPSA) is 24.6 Å². The van der Waals surface area contributed by atoms with Crippen molar-refractivity contribution in [2.45, 2.75) is 64.7 Å². The summed E-state index contributed by atoms with van der Waals surface area (Å²) >= 11 is 0. The molecule has 0 atom stereocenters. The Morgan fingerprint density at radius 2 is 0.376 bits per heavy atom. The number of hydrogen-bond acceptors (Lipinski definition) is 0. The Labute approximate surface area is 678 Å². The third-order valence-corrected chi connectivity index (χ3v) is 27.5. The van der Waals surface area contributed by atoms with Gasteiger partial charge < -0.3 is 22.8 Å². The molecule has 17 aromatic carbocycles. The van der Waals surface area contributed by atoms with Gasteiger partial charge in [-0.3, -0.25) is 0 Å². The number of aryl methyl sites for hydroxylation is 1. The predicted octanol–water partition coefficient (Wildman–Crippen LogP) is 29.4. The number of rotatable bonds is 8. The van der Waals surface area contributed by atoms with Crippen LogP contribution in [0.2, 0.25) is 0 Å². The maximum absolute atomic E-state index is 2.53. The molecule has 0 fully saturated rings. The SMILES string of the molecule is Cc1cc(-n2c3ccccc3c3cc(-c4ccc5c(c4)c4ccccc4n5-c4ccc5c(c4)C(C)(C)c4ccccc4-5)ccc32)cc(-n2c3ccc(-c4ccc5c(c4)c4ccccc4n5-c4ccc5c(c4)C(C)(C)c4ccccc4-5)cc3c3cc(-c4ccc5c(c4)c4ccccc4n5-c4ccc5c(c4)C(C)(C)c4ccccc4-5)ccc32)c1. The number of nitrogens with zero attached hydrogens (tertiary/aromatic N) is 5. The molecule has 0 unspecified atom stereocenters. The van der Waals surface area contributed by atoms with Crippen LogP contribution < -0.4 is 0 Å². The van der Waals surface area contributed by atoms with Crippen molar-refractivity contribution < 1.29 is 0 Å². The minimum atomic E-state index is -0.122. The third-order valence-electron chi connectivity index (χ3n) is 27.5. The van der Waals surface area contributed by atoms with Crippen molar-refractivity contribution in [3.8, 4) is 95.2 Å². The van der Waals surface area contributed by atoms with Crippen molar-refractivity contribution in [2.75, 3.05) is 0 Å². The van der Waals surface area contributed by atoms with E-state index in [1.165, 1.54) is 215 Å². The van der Waals surface area contributed by atoms with E-state index in [9.17, 15) is 0 Å². The summed E-state index contributed by atoms with van der Waals surface area (Å²) in [7, 11) is 0. The van der Waals surface area contributed by atoms with E-state index >= 15 is 0 Å². The first kappa shape index (κ1) is 66.2. The van der Waals surface area contributed by atoms with E-state index in [2.05, 4.69) is 423 Å². The molecule has 5 nitrogen and oxygen atoms in total. The maximum Gasteiger partial charge on any atom is 0.0541 e. The third kappa shape index (κ3) is 9.20. The zero-order valence-electron chi connectivity index (χ0n) is 66.2. The lowest BCUT2D eigenvalue weighted by atomic mass is 9.82. The fourth-order valence-electron chi connectivity index (χ4n) is 21.9. The van der Waals surface area contributed by atoms with E-state index in [1.54, 1.807) is 0 Å². The number of benzene rings is 17. The van der Waals surface area contributed by atoms with Gasteiger partial charge in [-0.1, -0.05) is 242 Å². The Balaban J connectivity index is 0.631. The standard InChI is InChI=1S/C112H79N5/c1-66-54-76(116-103-35-21-14-28-87(103)91-59-68(39-51-107(91)116)67-36-48-104-88(56-67)84-25-11-18-32-100(84)113(104)73-42-45-81-78-22-8-15-29-94(78)110(2,3)97(81)63-73)62-77(55-66)117-108-52-40-71(69-37-49-105-89(57-69)85-26-12-19-33-101(85)114(105)74-43-46-82-79-23-9-16-30-95(79)111(4,5)98(82)64-74)60-92(108)93-61-72(41-53-109(93)117)70-38-50-106-90(58-70)86-27-13-20-34-102(86)115(106)75-44-47-83-80-24-10-17-31-96(80)112(6,7)99(83)65-75/h8-65H,1-7H3. The van der Waals surface area contributed by atoms with Gasteiger partial charge in [-0.25, -0.2) is 0 Å². The average molecular weight is 1490 g/mol. The highest BCUT2D eigenvalue weighted by Crippen LogP contribution is 2.54. The van der Waals surface area contributed by atoms with Gasteiger partial charge in [0.25, 0.3) is 0 Å². The molecule has 0 saturated heterocycles. The van der Waals surface area contributed by atoms with Gasteiger partial charge in [0.15, 0.2) is 0 Å². The molecule has 3 aliphatic carbocycles. The molecule has 22 aromatic rings. The smallest absolute Gasteiger partial charge is 0.0541 e. The summed E-state index contributed by atoms with van der Waals surface area (Å²) in [5, 5.41) is 12.3. The second-order valence-electron chi connectivity index (χ2n) is 34.9. The van der Waals surface area contributed by atoms with Crippen LogP contribution in [0.4, 0.5) is 0 Å². The molecule has 5 aromatic heterocycles. The van der Waals surface area contributed by atoms with Crippen molar-refractivity contribution in [3.05, 3.63) is 391 Å². The van der Waals surface area contributed by atoms with E-state index in [1.807, 2.05) is 0 Å². The van der Waals surface area contributed by atoms with Crippen LogP contribution in [0.25, 0.3) is 204 Å². The fraction of sp³-hybridized carbons (Fsp3) is 0.0893. The van der Waals surface area contributed by atoms with E-state index in [0.717, 1.165) is 27.9 Å². The molecule has 5 heteroatoms. The van der Waals surface area contributed by atoms with Crippen molar-refractivity contribution in [3.63, 3.8) is 0 Å². The summed E-state index contributed by atoms with van der Waals surface area (Å²) in [6.45, 7) is 16.5. The van der Waals surface area contributed by atoms with E-state index in [0.29, 0.717) is 0 Å². The molecule has 25 rings (SSSR count). The summed E-state index contributed by atoms with van der Waals surface area (Å²) in [4.78, 5) is 0. The summed E-state index contributed by atoms with van der Waals surface area (Å²) in [6.07, 6.45) is 0. The van der Waals surface area contributed by atoms with Gasteiger partial charge >= 0.3 is 0 Å². The van der Waals surface area contributed by atoms with Crippen LogP contribution in [0.5, 0.6) is 0 Å². The highest BCUT2D eigenvalue weighted by molar-refractivity contribution is 6.17. The number of hydrogen-bond donors (Lipinski definition) is 0. The normalized spacial score (nSPS) is 14.1. The van der Waals surface area contributed by atoms with Gasteiger partial charge in [-0.05, 0) is 264 Å². The second kappa shape index (κ2) is 23.7. The van der Waals surface area contributed by atoms with Crippen LogP contribution in [0.3, 0.4) is 0 Å². The first-order valence-corrected chi connectivity index (χ1v) is 41.3. The summed E-state index contributed by atoms with van der Waals surface area (Å²) in [5.74, 6) is 0. The molecule has 0 N–H and O–H groups in total. The number of fused-ring (bicyclic) bond motifs is 24. The zero-order valence-corrected chi connectivity index (χ0v) is 66.2.